The molecular formula is C25H36N2O2. The van der Waals surface area contributed by atoms with Crippen LogP contribution in [0.3, 0.4) is 0 Å². The minimum absolute atomic E-state index is 0.0431. The van der Waals surface area contributed by atoms with Crippen molar-refractivity contribution in [2.45, 2.75) is 65.3 Å². The van der Waals surface area contributed by atoms with Crippen molar-refractivity contribution in [2.24, 2.45) is 0 Å². The Balaban J connectivity index is 2.24. The predicted molar refractivity (Wildman–Crippen MR) is 119 cm³/mol. The normalized spacial score (nSPS) is 17.3. The van der Waals surface area contributed by atoms with Crippen LogP contribution >= 0.6 is 0 Å². The van der Waals surface area contributed by atoms with Crippen LogP contribution in [0.25, 0.3) is 0 Å². The highest BCUT2D eigenvalue weighted by atomic mass is 16.5. The summed E-state index contributed by atoms with van der Waals surface area (Å²) in [7, 11) is 0. The summed E-state index contributed by atoms with van der Waals surface area (Å²) < 4.78 is 5.62. The van der Waals surface area contributed by atoms with Gasteiger partial charge in [0.2, 0.25) is 0 Å². The third-order valence-electron chi connectivity index (χ3n) is 5.66. The van der Waals surface area contributed by atoms with Crippen molar-refractivity contribution in [1.82, 2.24) is 9.88 Å². The first-order valence-electron chi connectivity index (χ1n) is 10.6. The topological polar surface area (TPSA) is 45.6 Å². The molecule has 0 amide bonds. The molecule has 0 bridgehead atoms. The number of benzene rings is 1. The van der Waals surface area contributed by atoms with E-state index in [9.17, 15) is 5.11 Å². The van der Waals surface area contributed by atoms with Gasteiger partial charge in [0, 0.05) is 18.8 Å². The van der Waals surface area contributed by atoms with Crippen molar-refractivity contribution in [1.29, 1.82) is 0 Å². The lowest BCUT2D eigenvalue weighted by Gasteiger charge is -2.36. The van der Waals surface area contributed by atoms with Gasteiger partial charge in [0.1, 0.15) is 5.75 Å². The molecule has 1 N–H and O–H groups in total. The van der Waals surface area contributed by atoms with Crippen LogP contribution < -0.4 is 0 Å². The molecule has 1 aliphatic heterocycles. The van der Waals surface area contributed by atoms with Crippen LogP contribution in [0, 0.1) is 6.92 Å². The second-order valence-electron chi connectivity index (χ2n) is 10.2. The zero-order valence-electron chi connectivity index (χ0n) is 19.0. The summed E-state index contributed by atoms with van der Waals surface area (Å²) in [5.41, 5.74) is 4.93. The lowest BCUT2D eigenvalue weighted by molar-refractivity contribution is 0.0231. The van der Waals surface area contributed by atoms with E-state index in [1.807, 2.05) is 13.0 Å². The number of nitrogens with zero attached hydrogens (tertiary/aromatic N) is 2. The zero-order valence-corrected chi connectivity index (χ0v) is 19.0. The first-order valence-corrected chi connectivity index (χ1v) is 10.6. The summed E-state index contributed by atoms with van der Waals surface area (Å²) in [6.45, 7) is 18.2. The van der Waals surface area contributed by atoms with Gasteiger partial charge >= 0.3 is 0 Å². The molecule has 0 aliphatic carbocycles. The Morgan fingerprint density at radius 2 is 1.52 bits per heavy atom. The molecule has 4 heteroatoms. The summed E-state index contributed by atoms with van der Waals surface area (Å²) in [5.74, 6) is 0.423. The average molecular weight is 397 g/mol. The second kappa shape index (κ2) is 8.08. The number of pyridine rings is 1. The van der Waals surface area contributed by atoms with Crippen LogP contribution in [0.15, 0.2) is 30.3 Å². The number of rotatable bonds is 3. The molecule has 1 fully saturated rings. The maximum Gasteiger partial charge on any atom is 0.123 e. The smallest absolute Gasteiger partial charge is 0.123 e. The van der Waals surface area contributed by atoms with Gasteiger partial charge in [-0.3, -0.25) is 9.88 Å². The standard InChI is InChI=1S/C25H36N2O2/c1-17-9-8-10-21(26-17)22(27-11-13-29-14-12-27)18-15-19(24(2,3)4)23(28)20(16-18)25(5,6)7/h8-10,15-16,22,28H,11-14H2,1-7H3. The van der Waals surface area contributed by atoms with Crippen molar-refractivity contribution >= 4 is 0 Å². The number of ether oxygens (including phenoxy) is 1. The molecule has 1 atom stereocenters. The van der Waals surface area contributed by atoms with Crippen LogP contribution in [-0.2, 0) is 15.6 Å². The highest BCUT2D eigenvalue weighted by molar-refractivity contribution is 5.51. The number of phenolic OH excluding ortho intramolecular Hbond substituents is 1. The number of phenols is 1. The van der Waals surface area contributed by atoms with E-state index in [4.69, 9.17) is 9.72 Å². The maximum atomic E-state index is 11.1. The van der Waals surface area contributed by atoms with Gasteiger partial charge in [0.15, 0.2) is 0 Å². The predicted octanol–water partition coefficient (Wildman–Crippen LogP) is 5.11. The van der Waals surface area contributed by atoms with E-state index in [2.05, 4.69) is 70.7 Å². The molecular weight excluding hydrogens is 360 g/mol. The number of hydrogen-bond donors (Lipinski definition) is 1. The molecule has 4 nitrogen and oxygen atoms in total. The van der Waals surface area contributed by atoms with Crippen LogP contribution in [0.2, 0.25) is 0 Å². The van der Waals surface area contributed by atoms with Crippen LogP contribution in [0.4, 0.5) is 0 Å². The minimum atomic E-state index is -0.157. The lowest BCUT2D eigenvalue weighted by atomic mass is 9.77. The fraction of sp³-hybridized carbons (Fsp3) is 0.560. The Morgan fingerprint density at radius 1 is 0.966 bits per heavy atom. The summed E-state index contributed by atoms with van der Waals surface area (Å²) in [4.78, 5) is 7.34. The maximum absolute atomic E-state index is 11.1. The summed E-state index contributed by atoms with van der Waals surface area (Å²) in [5, 5.41) is 11.1. The van der Waals surface area contributed by atoms with Gasteiger partial charge in [0.05, 0.1) is 24.9 Å². The highest BCUT2D eigenvalue weighted by Crippen LogP contribution is 2.42. The molecule has 2 heterocycles. The van der Waals surface area contributed by atoms with Gasteiger partial charge in [-0.2, -0.15) is 0 Å². The zero-order chi connectivity index (χ0) is 21.4. The number of hydrogen-bond acceptors (Lipinski definition) is 4. The second-order valence-corrected chi connectivity index (χ2v) is 10.2. The van der Waals surface area contributed by atoms with E-state index < -0.39 is 0 Å². The van der Waals surface area contributed by atoms with E-state index in [0.29, 0.717) is 5.75 Å². The molecule has 0 radical (unpaired) electrons. The van der Waals surface area contributed by atoms with E-state index in [0.717, 1.165) is 48.8 Å². The number of morpholine rings is 1. The molecule has 3 rings (SSSR count). The van der Waals surface area contributed by atoms with E-state index in [1.54, 1.807) is 0 Å². The Morgan fingerprint density at radius 3 is 2.00 bits per heavy atom. The Bertz CT molecular complexity index is 821. The molecule has 1 aliphatic rings. The van der Waals surface area contributed by atoms with Crippen LogP contribution in [0.5, 0.6) is 5.75 Å². The first-order chi connectivity index (χ1) is 13.5. The third kappa shape index (κ3) is 4.81. The summed E-state index contributed by atoms with van der Waals surface area (Å²) in [6, 6.07) is 10.7. The van der Waals surface area contributed by atoms with E-state index in [-0.39, 0.29) is 16.9 Å². The molecule has 2 aromatic rings. The molecule has 1 aromatic carbocycles. The summed E-state index contributed by atoms with van der Waals surface area (Å²) >= 11 is 0. The molecule has 1 aromatic heterocycles. The highest BCUT2D eigenvalue weighted by Gasteiger charge is 2.31. The largest absolute Gasteiger partial charge is 0.507 e. The lowest BCUT2D eigenvalue weighted by Crippen LogP contribution is -2.40. The van der Waals surface area contributed by atoms with Crippen molar-refractivity contribution < 1.29 is 9.84 Å². The Kier molecular flexibility index (Phi) is 6.07. The van der Waals surface area contributed by atoms with Crippen LogP contribution in [-0.4, -0.2) is 41.3 Å². The third-order valence-corrected chi connectivity index (χ3v) is 5.66. The van der Waals surface area contributed by atoms with Gasteiger partial charge in [0.25, 0.3) is 0 Å². The van der Waals surface area contributed by atoms with E-state index in [1.165, 1.54) is 5.56 Å². The molecule has 1 saturated heterocycles. The molecule has 1 unspecified atom stereocenters. The number of aromatic hydroxyl groups is 1. The summed E-state index contributed by atoms with van der Waals surface area (Å²) in [6.07, 6.45) is 0. The van der Waals surface area contributed by atoms with Gasteiger partial charge in [-0.15, -0.1) is 0 Å². The van der Waals surface area contributed by atoms with Crippen LogP contribution in [0.1, 0.15) is 75.7 Å². The molecule has 29 heavy (non-hydrogen) atoms. The molecule has 158 valence electrons. The van der Waals surface area contributed by atoms with Crippen molar-refractivity contribution in [2.75, 3.05) is 26.3 Å². The SMILES string of the molecule is Cc1cccc(C(c2cc(C(C)(C)C)c(O)c(C(C)(C)C)c2)N2CCOCC2)n1. The van der Waals surface area contributed by atoms with Gasteiger partial charge in [-0.25, -0.2) is 0 Å². The van der Waals surface area contributed by atoms with Crippen molar-refractivity contribution in [3.05, 3.63) is 58.4 Å². The first kappa shape index (κ1) is 21.8. The monoisotopic (exact) mass is 396 g/mol. The van der Waals surface area contributed by atoms with Crippen molar-refractivity contribution in [3.8, 4) is 5.75 Å². The average Bonchev–Trinajstić information content (AvgIpc) is 2.62. The fourth-order valence-corrected chi connectivity index (χ4v) is 4.08. The molecule has 0 spiro atoms. The van der Waals surface area contributed by atoms with Crippen molar-refractivity contribution in [3.63, 3.8) is 0 Å². The van der Waals surface area contributed by atoms with Gasteiger partial charge in [-0.1, -0.05) is 47.6 Å². The van der Waals surface area contributed by atoms with E-state index >= 15 is 0 Å². The fourth-order valence-electron chi connectivity index (χ4n) is 4.08. The Labute approximate surface area is 175 Å². The number of aryl methyl sites for hydroxylation is 1. The quantitative estimate of drug-likeness (QED) is 0.783. The van der Waals surface area contributed by atoms with Gasteiger partial charge in [-0.05, 0) is 58.7 Å². The number of aromatic nitrogens is 1. The Hall–Kier alpha value is -1.91. The molecule has 0 saturated carbocycles. The van der Waals surface area contributed by atoms with Gasteiger partial charge < -0.3 is 9.84 Å². The minimum Gasteiger partial charge on any atom is -0.507 e.